The SMILES string of the molecule is CCSCNC1=C(c2cccc(C(F)(F)F)c2)C(=O)C(c2ccsc2)C1. The molecule has 1 N–H and O–H groups in total. The average Bonchev–Trinajstić information content (AvgIpc) is 3.22. The van der Waals surface area contributed by atoms with Crippen molar-refractivity contribution in [2.75, 3.05) is 11.6 Å². The van der Waals surface area contributed by atoms with Crippen molar-refractivity contribution < 1.29 is 18.0 Å². The number of benzene rings is 1. The van der Waals surface area contributed by atoms with Crippen LogP contribution in [0.5, 0.6) is 0 Å². The maximum Gasteiger partial charge on any atom is 0.416 e. The molecule has 0 saturated carbocycles. The minimum absolute atomic E-state index is 0.119. The van der Waals surface area contributed by atoms with Gasteiger partial charge in [0.1, 0.15) is 0 Å². The molecule has 2 aromatic rings. The van der Waals surface area contributed by atoms with Crippen molar-refractivity contribution in [3.8, 4) is 0 Å². The maximum atomic E-state index is 13.1. The number of allylic oxidation sites excluding steroid dienone is 2. The Hall–Kier alpha value is -1.73. The fraction of sp³-hybridized carbons (Fsp3) is 0.316. The van der Waals surface area contributed by atoms with Crippen LogP contribution in [0.15, 0.2) is 46.8 Å². The van der Waals surface area contributed by atoms with Gasteiger partial charge in [-0.2, -0.15) is 24.5 Å². The Labute approximate surface area is 158 Å². The summed E-state index contributed by atoms with van der Waals surface area (Å²) in [6, 6.07) is 6.93. The number of carbonyl (C=O) groups is 1. The topological polar surface area (TPSA) is 29.1 Å². The molecule has 7 heteroatoms. The molecule has 0 fully saturated rings. The molecule has 0 bridgehead atoms. The summed E-state index contributed by atoms with van der Waals surface area (Å²) < 4.78 is 39.2. The van der Waals surface area contributed by atoms with Gasteiger partial charge in [-0.05, 0) is 45.8 Å². The largest absolute Gasteiger partial charge is 0.416 e. The van der Waals surface area contributed by atoms with E-state index in [2.05, 4.69) is 5.32 Å². The van der Waals surface area contributed by atoms with E-state index in [-0.39, 0.29) is 11.7 Å². The Morgan fingerprint density at radius 1 is 1.31 bits per heavy atom. The number of thiophene rings is 1. The molecule has 1 unspecified atom stereocenters. The molecule has 0 saturated heterocycles. The second-order valence-electron chi connectivity index (χ2n) is 5.92. The number of ketones is 1. The maximum absolute atomic E-state index is 13.1. The Kier molecular flexibility index (Phi) is 5.77. The molecule has 3 rings (SSSR count). The van der Waals surface area contributed by atoms with Gasteiger partial charge in [0.25, 0.3) is 0 Å². The molecule has 0 spiro atoms. The van der Waals surface area contributed by atoms with Gasteiger partial charge in [0.2, 0.25) is 0 Å². The average molecular weight is 397 g/mol. The number of hydrogen-bond acceptors (Lipinski definition) is 4. The van der Waals surface area contributed by atoms with Crippen molar-refractivity contribution in [1.29, 1.82) is 0 Å². The standard InChI is InChI=1S/C19H18F3NOS2/c1-2-25-11-23-16-9-15(13-6-7-26-10-13)18(24)17(16)12-4-3-5-14(8-12)19(20,21)22/h3-8,10,15,23H,2,9,11H2,1H3. The van der Waals surface area contributed by atoms with E-state index >= 15 is 0 Å². The minimum atomic E-state index is -4.43. The minimum Gasteiger partial charge on any atom is -0.379 e. The Balaban J connectivity index is 1.98. The molecule has 0 aliphatic heterocycles. The summed E-state index contributed by atoms with van der Waals surface area (Å²) in [6.07, 6.45) is -3.94. The van der Waals surface area contributed by atoms with Crippen LogP contribution >= 0.6 is 23.1 Å². The van der Waals surface area contributed by atoms with Gasteiger partial charge >= 0.3 is 6.18 Å². The number of thioether (sulfide) groups is 1. The molecule has 1 heterocycles. The number of rotatable bonds is 6. The highest BCUT2D eigenvalue weighted by Gasteiger charge is 2.36. The zero-order chi connectivity index (χ0) is 18.7. The second kappa shape index (κ2) is 7.88. The molecular formula is C19H18F3NOS2. The van der Waals surface area contributed by atoms with E-state index < -0.39 is 11.7 Å². The summed E-state index contributed by atoms with van der Waals surface area (Å²) in [4.78, 5) is 13.0. The van der Waals surface area contributed by atoms with Crippen molar-refractivity contribution in [2.45, 2.75) is 25.4 Å². The molecule has 1 aromatic carbocycles. The van der Waals surface area contributed by atoms with Crippen molar-refractivity contribution in [3.05, 3.63) is 63.5 Å². The fourth-order valence-electron chi connectivity index (χ4n) is 3.03. The normalized spacial score (nSPS) is 17.8. The molecule has 26 heavy (non-hydrogen) atoms. The lowest BCUT2D eigenvalue weighted by molar-refractivity contribution is -0.137. The lowest BCUT2D eigenvalue weighted by atomic mass is 9.94. The van der Waals surface area contributed by atoms with Crippen LogP contribution in [0.2, 0.25) is 0 Å². The molecule has 1 aromatic heterocycles. The van der Waals surface area contributed by atoms with Crippen LogP contribution in [0, 0.1) is 0 Å². The van der Waals surface area contributed by atoms with Crippen LogP contribution in [0.3, 0.4) is 0 Å². The van der Waals surface area contributed by atoms with Crippen molar-refractivity contribution in [2.24, 2.45) is 0 Å². The number of carbonyl (C=O) groups excluding carboxylic acids is 1. The molecular weight excluding hydrogens is 379 g/mol. The quantitative estimate of drug-likeness (QED) is 0.513. The van der Waals surface area contributed by atoms with Crippen LogP contribution in [0.25, 0.3) is 5.57 Å². The highest BCUT2D eigenvalue weighted by atomic mass is 32.2. The van der Waals surface area contributed by atoms with Gasteiger partial charge in [-0.1, -0.05) is 19.1 Å². The number of Topliss-reactive ketones (excluding diaryl/α,β-unsaturated/α-hetero) is 1. The van der Waals surface area contributed by atoms with Crippen molar-refractivity contribution in [3.63, 3.8) is 0 Å². The first-order chi connectivity index (χ1) is 12.4. The molecule has 138 valence electrons. The van der Waals surface area contributed by atoms with Crippen molar-refractivity contribution in [1.82, 2.24) is 5.32 Å². The van der Waals surface area contributed by atoms with Gasteiger partial charge in [0.15, 0.2) is 5.78 Å². The van der Waals surface area contributed by atoms with Crippen LogP contribution in [-0.4, -0.2) is 17.4 Å². The predicted octanol–water partition coefficient (Wildman–Crippen LogP) is 5.53. The van der Waals surface area contributed by atoms with E-state index in [0.29, 0.717) is 23.4 Å². The van der Waals surface area contributed by atoms with E-state index in [1.54, 1.807) is 17.8 Å². The van der Waals surface area contributed by atoms with E-state index in [9.17, 15) is 18.0 Å². The number of halogens is 3. The first-order valence-corrected chi connectivity index (χ1v) is 10.3. The van der Waals surface area contributed by atoms with Gasteiger partial charge in [-0.3, -0.25) is 4.79 Å². The summed E-state index contributed by atoms with van der Waals surface area (Å²) in [5.41, 5.74) is 1.61. The summed E-state index contributed by atoms with van der Waals surface area (Å²) in [7, 11) is 0. The summed E-state index contributed by atoms with van der Waals surface area (Å²) in [5, 5.41) is 7.09. The number of nitrogens with one attached hydrogen (secondary N) is 1. The molecule has 1 atom stereocenters. The molecule has 1 aliphatic carbocycles. The van der Waals surface area contributed by atoms with Gasteiger partial charge in [-0.15, -0.1) is 11.8 Å². The Morgan fingerprint density at radius 2 is 2.12 bits per heavy atom. The van der Waals surface area contributed by atoms with Gasteiger partial charge < -0.3 is 5.32 Å². The van der Waals surface area contributed by atoms with E-state index in [1.165, 1.54) is 17.4 Å². The predicted molar refractivity (Wildman–Crippen MR) is 101 cm³/mol. The second-order valence-corrected chi connectivity index (χ2v) is 7.98. The van der Waals surface area contributed by atoms with Crippen LogP contribution in [-0.2, 0) is 11.0 Å². The lowest BCUT2D eigenvalue weighted by Gasteiger charge is -2.12. The molecule has 1 aliphatic rings. The third-order valence-electron chi connectivity index (χ3n) is 4.29. The highest BCUT2D eigenvalue weighted by Crippen LogP contribution is 2.41. The summed E-state index contributed by atoms with van der Waals surface area (Å²) in [5.74, 6) is 1.09. The number of hydrogen-bond donors (Lipinski definition) is 1. The zero-order valence-corrected chi connectivity index (χ0v) is 15.7. The van der Waals surface area contributed by atoms with Gasteiger partial charge in [-0.25, -0.2) is 0 Å². The smallest absolute Gasteiger partial charge is 0.379 e. The molecule has 2 nitrogen and oxygen atoms in total. The molecule has 0 radical (unpaired) electrons. The van der Waals surface area contributed by atoms with Gasteiger partial charge in [0.05, 0.1) is 17.4 Å². The lowest BCUT2D eigenvalue weighted by Crippen LogP contribution is -2.13. The van der Waals surface area contributed by atoms with Crippen LogP contribution in [0.1, 0.15) is 36.0 Å². The molecule has 0 amide bonds. The summed E-state index contributed by atoms with van der Waals surface area (Å²) in [6.45, 7) is 2.03. The van der Waals surface area contributed by atoms with E-state index in [1.807, 2.05) is 23.8 Å². The van der Waals surface area contributed by atoms with Crippen molar-refractivity contribution >= 4 is 34.5 Å². The zero-order valence-electron chi connectivity index (χ0n) is 14.1. The Bertz CT molecular complexity index is 812. The monoisotopic (exact) mass is 397 g/mol. The first-order valence-electron chi connectivity index (χ1n) is 8.20. The van der Waals surface area contributed by atoms with E-state index in [0.717, 1.165) is 29.1 Å². The first kappa shape index (κ1) is 19.0. The van der Waals surface area contributed by atoms with Crippen LogP contribution in [0.4, 0.5) is 13.2 Å². The third kappa shape index (κ3) is 3.99. The highest BCUT2D eigenvalue weighted by molar-refractivity contribution is 7.99. The van der Waals surface area contributed by atoms with Gasteiger partial charge in [0, 0.05) is 17.7 Å². The Morgan fingerprint density at radius 3 is 2.77 bits per heavy atom. The summed E-state index contributed by atoms with van der Waals surface area (Å²) >= 11 is 3.18. The van der Waals surface area contributed by atoms with Crippen LogP contribution < -0.4 is 5.32 Å². The third-order valence-corrected chi connectivity index (χ3v) is 5.75. The fourth-order valence-corrected chi connectivity index (χ4v) is 4.23. The number of alkyl halides is 3. The van der Waals surface area contributed by atoms with E-state index in [4.69, 9.17) is 0 Å².